The Balaban J connectivity index is 2.84. The third kappa shape index (κ3) is 2.08. The summed E-state index contributed by atoms with van der Waals surface area (Å²) < 4.78 is 6.37. The van der Waals surface area contributed by atoms with E-state index in [1.807, 2.05) is 20.2 Å². The van der Waals surface area contributed by atoms with E-state index in [0.717, 1.165) is 12.0 Å². The van der Waals surface area contributed by atoms with Crippen molar-refractivity contribution >= 4 is 5.97 Å². The molecule has 13 heavy (non-hydrogen) atoms. The average Bonchev–Trinajstić information content (AvgIpc) is 2.53. The Hall–Kier alpha value is -1.32. The molecule has 0 fully saturated rings. The van der Waals surface area contributed by atoms with Crippen molar-refractivity contribution in [3.05, 3.63) is 18.0 Å². The third-order valence-electron chi connectivity index (χ3n) is 2.02. The van der Waals surface area contributed by atoms with Gasteiger partial charge in [0.1, 0.15) is 0 Å². The minimum absolute atomic E-state index is 0.182. The maximum Gasteiger partial charge on any atom is 0.313 e. The van der Waals surface area contributed by atoms with Gasteiger partial charge in [0.15, 0.2) is 0 Å². The van der Waals surface area contributed by atoms with Crippen LogP contribution in [-0.2, 0) is 16.6 Å². The van der Waals surface area contributed by atoms with Gasteiger partial charge in [0.05, 0.1) is 19.2 Å². The van der Waals surface area contributed by atoms with Crippen molar-refractivity contribution < 1.29 is 9.53 Å². The number of carbonyl (C=O) groups excluding carboxylic acids is 1. The smallest absolute Gasteiger partial charge is 0.313 e. The molecule has 4 nitrogen and oxygen atoms in total. The number of hydrogen-bond acceptors (Lipinski definition) is 3. The molecule has 72 valence electrons. The van der Waals surface area contributed by atoms with Crippen LogP contribution < -0.4 is 0 Å². The SMILES string of the molecule is CCC(C(=O)OC)c1cnn(C)c1. The van der Waals surface area contributed by atoms with Gasteiger partial charge in [-0.15, -0.1) is 0 Å². The zero-order valence-corrected chi connectivity index (χ0v) is 8.15. The number of esters is 1. The highest BCUT2D eigenvalue weighted by Crippen LogP contribution is 2.19. The van der Waals surface area contributed by atoms with Gasteiger partial charge in [-0.2, -0.15) is 5.10 Å². The van der Waals surface area contributed by atoms with Crippen molar-refractivity contribution in [1.82, 2.24) is 9.78 Å². The first kappa shape index (κ1) is 9.77. The van der Waals surface area contributed by atoms with Gasteiger partial charge in [0.2, 0.25) is 0 Å². The van der Waals surface area contributed by atoms with Gasteiger partial charge in [-0.3, -0.25) is 9.48 Å². The monoisotopic (exact) mass is 182 g/mol. The average molecular weight is 182 g/mol. The van der Waals surface area contributed by atoms with Crippen LogP contribution in [0.25, 0.3) is 0 Å². The number of hydrogen-bond donors (Lipinski definition) is 0. The molecule has 0 aliphatic rings. The van der Waals surface area contributed by atoms with E-state index in [0.29, 0.717) is 0 Å². The molecule has 0 spiro atoms. The first-order chi connectivity index (χ1) is 6.19. The third-order valence-corrected chi connectivity index (χ3v) is 2.02. The van der Waals surface area contributed by atoms with E-state index in [1.165, 1.54) is 7.11 Å². The van der Waals surface area contributed by atoms with Gasteiger partial charge >= 0.3 is 5.97 Å². The zero-order valence-electron chi connectivity index (χ0n) is 8.15. The molecule has 1 rings (SSSR count). The number of aryl methyl sites for hydroxylation is 1. The Labute approximate surface area is 77.5 Å². The van der Waals surface area contributed by atoms with Gasteiger partial charge < -0.3 is 4.74 Å². The quantitative estimate of drug-likeness (QED) is 0.657. The summed E-state index contributed by atoms with van der Waals surface area (Å²) in [5.41, 5.74) is 0.914. The molecule has 0 radical (unpaired) electrons. The molecule has 0 aromatic carbocycles. The van der Waals surface area contributed by atoms with E-state index in [4.69, 9.17) is 4.74 Å². The fourth-order valence-electron chi connectivity index (χ4n) is 1.30. The molecule has 0 saturated heterocycles. The Morgan fingerprint density at radius 1 is 1.77 bits per heavy atom. The molecule has 1 atom stereocenters. The van der Waals surface area contributed by atoms with Crippen LogP contribution in [0.1, 0.15) is 24.8 Å². The maximum atomic E-state index is 11.3. The van der Waals surface area contributed by atoms with E-state index in [2.05, 4.69) is 5.10 Å². The number of carbonyl (C=O) groups is 1. The maximum absolute atomic E-state index is 11.3. The first-order valence-electron chi connectivity index (χ1n) is 4.25. The van der Waals surface area contributed by atoms with E-state index >= 15 is 0 Å². The van der Waals surface area contributed by atoms with Gasteiger partial charge in [0, 0.05) is 18.8 Å². The Morgan fingerprint density at radius 2 is 2.46 bits per heavy atom. The summed E-state index contributed by atoms with van der Waals surface area (Å²) in [6, 6.07) is 0. The highest BCUT2D eigenvalue weighted by molar-refractivity contribution is 5.77. The Bertz CT molecular complexity index is 294. The van der Waals surface area contributed by atoms with Crippen LogP contribution in [0.3, 0.4) is 0 Å². The molecule has 1 aromatic rings. The van der Waals surface area contributed by atoms with E-state index in [1.54, 1.807) is 10.9 Å². The lowest BCUT2D eigenvalue weighted by molar-refractivity contribution is -0.142. The Kier molecular flexibility index (Phi) is 3.06. The van der Waals surface area contributed by atoms with Crippen molar-refractivity contribution in [3.8, 4) is 0 Å². The summed E-state index contributed by atoms with van der Waals surface area (Å²) in [5, 5.41) is 4.01. The van der Waals surface area contributed by atoms with Crippen molar-refractivity contribution in [2.45, 2.75) is 19.3 Å². The van der Waals surface area contributed by atoms with E-state index < -0.39 is 0 Å². The van der Waals surface area contributed by atoms with Crippen LogP contribution in [0, 0.1) is 0 Å². The molecule has 0 amide bonds. The second-order valence-electron chi connectivity index (χ2n) is 2.93. The molecule has 4 heteroatoms. The summed E-state index contributed by atoms with van der Waals surface area (Å²) in [4.78, 5) is 11.3. The molecule has 0 N–H and O–H groups in total. The lowest BCUT2D eigenvalue weighted by Gasteiger charge is -2.08. The summed E-state index contributed by atoms with van der Waals surface area (Å²) in [6.07, 6.45) is 4.27. The summed E-state index contributed by atoms with van der Waals surface area (Å²) in [7, 11) is 3.23. The van der Waals surface area contributed by atoms with Crippen LogP contribution >= 0.6 is 0 Å². The number of methoxy groups -OCH3 is 1. The number of rotatable bonds is 3. The molecule has 0 bridgehead atoms. The topological polar surface area (TPSA) is 44.1 Å². The standard InChI is InChI=1S/C9H14N2O2/c1-4-8(9(12)13-3)7-5-10-11(2)6-7/h5-6,8H,4H2,1-3H3. The minimum Gasteiger partial charge on any atom is -0.469 e. The van der Waals surface area contributed by atoms with E-state index in [9.17, 15) is 4.79 Å². The largest absolute Gasteiger partial charge is 0.469 e. The fourth-order valence-corrected chi connectivity index (χ4v) is 1.30. The summed E-state index contributed by atoms with van der Waals surface area (Å²) >= 11 is 0. The van der Waals surface area contributed by atoms with E-state index in [-0.39, 0.29) is 11.9 Å². The van der Waals surface area contributed by atoms with Crippen molar-refractivity contribution in [3.63, 3.8) is 0 Å². The van der Waals surface area contributed by atoms with Crippen molar-refractivity contribution in [2.24, 2.45) is 7.05 Å². The second-order valence-corrected chi connectivity index (χ2v) is 2.93. The van der Waals surface area contributed by atoms with Gasteiger partial charge in [-0.1, -0.05) is 6.92 Å². The van der Waals surface area contributed by atoms with Gasteiger partial charge in [0.25, 0.3) is 0 Å². The normalized spacial score (nSPS) is 12.5. The Morgan fingerprint density at radius 3 is 2.85 bits per heavy atom. The zero-order chi connectivity index (χ0) is 9.84. The van der Waals surface area contributed by atoms with Crippen LogP contribution in [0.5, 0.6) is 0 Å². The fraction of sp³-hybridized carbons (Fsp3) is 0.556. The predicted octanol–water partition coefficient (Wildman–Crippen LogP) is 1.09. The van der Waals surface area contributed by atoms with Crippen LogP contribution in [0.4, 0.5) is 0 Å². The van der Waals surface area contributed by atoms with Crippen molar-refractivity contribution in [2.75, 3.05) is 7.11 Å². The summed E-state index contributed by atoms with van der Waals surface area (Å²) in [5.74, 6) is -0.380. The number of aromatic nitrogens is 2. The molecular weight excluding hydrogens is 168 g/mol. The van der Waals surface area contributed by atoms with Crippen LogP contribution in [0.15, 0.2) is 12.4 Å². The summed E-state index contributed by atoms with van der Waals surface area (Å²) in [6.45, 7) is 1.95. The second kappa shape index (κ2) is 4.07. The predicted molar refractivity (Wildman–Crippen MR) is 48.3 cm³/mol. The van der Waals surface area contributed by atoms with Crippen molar-refractivity contribution in [1.29, 1.82) is 0 Å². The number of nitrogens with zero attached hydrogens (tertiary/aromatic N) is 2. The van der Waals surface area contributed by atoms with Crippen LogP contribution in [-0.4, -0.2) is 22.9 Å². The highest BCUT2D eigenvalue weighted by atomic mass is 16.5. The molecule has 1 aromatic heterocycles. The highest BCUT2D eigenvalue weighted by Gasteiger charge is 2.20. The lowest BCUT2D eigenvalue weighted by atomic mass is 10.0. The van der Waals surface area contributed by atoms with Crippen LogP contribution in [0.2, 0.25) is 0 Å². The molecular formula is C9H14N2O2. The van der Waals surface area contributed by atoms with Gasteiger partial charge in [-0.05, 0) is 6.42 Å². The first-order valence-corrected chi connectivity index (χ1v) is 4.25. The van der Waals surface area contributed by atoms with Gasteiger partial charge in [-0.25, -0.2) is 0 Å². The molecule has 0 saturated carbocycles. The molecule has 1 unspecified atom stereocenters. The number of ether oxygens (including phenoxy) is 1. The minimum atomic E-state index is -0.199. The molecule has 0 aliphatic heterocycles. The lowest BCUT2D eigenvalue weighted by Crippen LogP contribution is -2.12. The molecule has 1 heterocycles. The molecule has 0 aliphatic carbocycles.